The number of amides is 1. The zero-order valence-corrected chi connectivity index (χ0v) is 16.8. The smallest absolute Gasteiger partial charge is 0.317 e. The highest BCUT2D eigenvalue weighted by atomic mass is 16.5. The minimum Gasteiger partial charge on any atom is -0.483 e. The number of carbonyl (C=O) groups is 2. The lowest BCUT2D eigenvalue weighted by Gasteiger charge is -2.37. The van der Waals surface area contributed by atoms with Crippen LogP contribution in [0.5, 0.6) is 5.75 Å². The van der Waals surface area contributed by atoms with E-state index in [-0.39, 0.29) is 25.1 Å². The molecule has 0 radical (unpaired) electrons. The first-order valence-corrected chi connectivity index (χ1v) is 10.1. The number of hydrogen-bond donors (Lipinski definition) is 1. The van der Waals surface area contributed by atoms with Crippen LogP contribution in [0.2, 0.25) is 0 Å². The Labute approximate surface area is 171 Å². The number of carboxylic acids is 1. The Balaban J connectivity index is 1.55. The molecule has 0 atom stereocenters. The van der Waals surface area contributed by atoms with Gasteiger partial charge >= 0.3 is 5.97 Å². The molecule has 0 spiro atoms. The van der Waals surface area contributed by atoms with Gasteiger partial charge in [0.05, 0.1) is 6.54 Å². The number of ether oxygens (including phenoxy) is 1. The number of aliphatic carboxylic acids is 1. The molecule has 1 amide bonds. The van der Waals surface area contributed by atoms with Gasteiger partial charge in [-0.15, -0.1) is 0 Å². The maximum absolute atomic E-state index is 12.6. The monoisotopic (exact) mass is 396 g/mol. The Morgan fingerprint density at radius 2 is 1.72 bits per heavy atom. The minimum absolute atomic E-state index is 0.00112. The molecule has 6 heteroatoms. The van der Waals surface area contributed by atoms with E-state index in [4.69, 9.17) is 9.84 Å². The molecule has 29 heavy (non-hydrogen) atoms. The average molecular weight is 396 g/mol. The quantitative estimate of drug-likeness (QED) is 0.742. The summed E-state index contributed by atoms with van der Waals surface area (Å²) in [5.74, 6) is -0.149. The number of likely N-dealkylation sites (N-methyl/N-ethyl adjacent to an activating group) is 1. The van der Waals surface area contributed by atoms with Crippen molar-refractivity contribution in [2.24, 2.45) is 0 Å². The highest BCUT2D eigenvalue weighted by Gasteiger charge is 2.27. The summed E-state index contributed by atoms with van der Waals surface area (Å²) in [5, 5.41) is 9.05. The van der Waals surface area contributed by atoms with E-state index in [1.54, 1.807) is 0 Å². The zero-order valence-electron chi connectivity index (χ0n) is 16.8. The SMILES string of the molecule is CCN(CC(=O)O)C1CCN(C(=O)COc2ccccc2-c2ccccc2)CC1. The van der Waals surface area contributed by atoms with Crippen LogP contribution in [-0.4, -0.2) is 65.6 Å². The second-order valence-corrected chi connectivity index (χ2v) is 7.22. The molecule has 1 N–H and O–H groups in total. The fourth-order valence-electron chi connectivity index (χ4n) is 3.83. The lowest BCUT2D eigenvalue weighted by atomic mass is 10.0. The molecule has 0 bridgehead atoms. The summed E-state index contributed by atoms with van der Waals surface area (Å²) in [6.07, 6.45) is 1.57. The van der Waals surface area contributed by atoms with Gasteiger partial charge in [0.1, 0.15) is 5.75 Å². The van der Waals surface area contributed by atoms with Crippen LogP contribution in [0.1, 0.15) is 19.8 Å². The predicted octanol–water partition coefficient (Wildman–Crippen LogP) is 3.13. The fraction of sp³-hybridized carbons (Fsp3) is 0.391. The number of piperidine rings is 1. The van der Waals surface area contributed by atoms with Gasteiger partial charge in [0.25, 0.3) is 5.91 Å². The van der Waals surface area contributed by atoms with Crippen LogP contribution >= 0.6 is 0 Å². The molecule has 1 fully saturated rings. The van der Waals surface area contributed by atoms with E-state index in [1.165, 1.54) is 0 Å². The summed E-state index contributed by atoms with van der Waals surface area (Å²) in [6.45, 7) is 3.98. The first kappa shape index (κ1) is 20.9. The van der Waals surface area contributed by atoms with Gasteiger partial charge in [-0.05, 0) is 31.0 Å². The maximum Gasteiger partial charge on any atom is 0.317 e. The Hall–Kier alpha value is -2.86. The Morgan fingerprint density at radius 1 is 1.07 bits per heavy atom. The van der Waals surface area contributed by atoms with Gasteiger partial charge in [0.15, 0.2) is 6.61 Å². The van der Waals surface area contributed by atoms with Crippen LogP contribution in [0.4, 0.5) is 0 Å². The fourth-order valence-corrected chi connectivity index (χ4v) is 3.83. The minimum atomic E-state index is -0.809. The molecule has 154 valence electrons. The van der Waals surface area contributed by atoms with Crippen LogP contribution in [-0.2, 0) is 9.59 Å². The number of para-hydroxylation sites is 1. The van der Waals surface area contributed by atoms with Crippen LogP contribution in [0.15, 0.2) is 54.6 Å². The summed E-state index contributed by atoms with van der Waals surface area (Å²) in [5.41, 5.74) is 2.02. The van der Waals surface area contributed by atoms with Crippen molar-refractivity contribution in [1.29, 1.82) is 0 Å². The van der Waals surface area contributed by atoms with Crippen LogP contribution in [0, 0.1) is 0 Å². The second-order valence-electron chi connectivity index (χ2n) is 7.22. The van der Waals surface area contributed by atoms with Gasteiger partial charge in [-0.2, -0.15) is 0 Å². The van der Waals surface area contributed by atoms with Gasteiger partial charge in [-0.1, -0.05) is 55.5 Å². The van der Waals surface area contributed by atoms with E-state index < -0.39 is 5.97 Å². The van der Waals surface area contributed by atoms with Crippen LogP contribution < -0.4 is 4.74 Å². The number of carboxylic acid groups (broad SMARTS) is 1. The number of nitrogens with zero attached hydrogens (tertiary/aromatic N) is 2. The van der Waals surface area contributed by atoms with Gasteiger partial charge in [-0.3, -0.25) is 14.5 Å². The van der Waals surface area contributed by atoms with Crippen molar-refractivity contribution in [3.8, 4) is 16.9 Å². The van der Waals surface area contributed by atoms with Gasteiger partial charge in [0, 0.05) is 24.7 Å². The van der Waals surface area contributed by atoms with Crippen LogP contribution in [0.25, 0.3) is 11.1 Å². The largest absolute Gasteiger partial charge is 0.483 e. The molecule has 0 aliphatic carbocycles. The van der Waals surface area contributed by atoms with Gasteiger partial charge < -0.3 is 14.7 Å². The molecule has 2 aromatic rings. The molecule has 1 saturated heterocycles. The zero-order chi connectivity index (χ0) is 20.6. The molecular formula is C23H28N2O4. The molecule has 0 saturated carbocycles. The normalized spacial score (nSPS) is 14.8. The lowest BCUT2D eigenvalue weighted by Crippen LogP contribution is -2.49. The lowest BCUT2D eigenvalue weighted by molar-refractivity contribution is -0.140. The second kappa shape index (κ2) is 10.1. The van der Waals surface area contributed by atoms with Crippen molar-refractivity contribution < 1.29 is 19.4 Å². The molecule has 6 nitrogen and oxygen atoms in total. The molecule has 2 aromatic carbocycles. The summed E-state index contributed by atoms with van der Waals surface area (Å²) < 4.78 is 5.88. The number of carbonyl (C=O) groups excluding carboxylic acids is 1. The van der Waals surface area contributed by atoms with Crippen molar-refractivity contribution >= 4 is 11.9 Å². The number of rotatable bonds is 8. The van der Waals surface area contributed by atoms with E-state index in [2.05, 4.69) is 0 Å². The van der Waals surface area contributed by atoms with Crippen molar-refractivity contribution in [3.63, 3.8) is 0 Å². The van der Waals surface area contributed by atoms with Gasteiger partial charge in [0.2, 0.25) is 0 Å². The van der Waals surface area contributed by atoms with E-state index in [0.717, 1.165) is 24.0 Å². The summed E-state index contributed by atoms with van der Waals surface area (Å²) in [6, 6.07) is 17.9. The molecule has 1 heterocycles. The van der Waals surface area contributed by atoms with Crippen molar-refractivity contribution in [2.75, 3.05) is 32.8 Å². The van der Waals surface area contributed by atoms with Crippen molar-refractivity contribution in [3.05, 3.63) is 54.6 Å². The summed E-state index contributed by atoms with van der Waals surface area (Å²) in [4.78, 5) is 27.4. The molecular weight excluding hydrogens is 368 g/mol. The van der Waals surface area contributed by atoms with E-state index in [9.17, 15) is 9.59 Å². The Bertz CT molecular complexity index is 817. The highest BCUT2D eigenvalue weighted by molar-refractivity contribution is 5.78. The number of likely N-dealkylation sites (tertiary alicyclic amines) is 1. The Kier molecular flexibility index (Phi) is 7.25. The highest BCUT2D eigenvalue weighted by Crippen LogP contribution is 2.29. The van der Waals surface area contributed by atoms with Crippen molar-refractivity contribution in [1.82, 2.24) is 9.80 Å². The topological polar surface area (TPSA) is 70.1 Å². The summed E-state index contributed by atoms with van der Waals surface area (Å²) in [7, 11) is 0. The van der Waals surface area contributed by atoms with Gasteiger partial charge in [-0.25, -0.2) is 0 Å². The molecule has 0 unspecified atom stereocenters. The number of benzene rings is 2. The van der Waals surface area contributed by atoms with Crippen LogP contribution in [0.3, 0.4) is 0 Å². The van der Waals surface area contributed by atoms with Crippen molar-refractivity contribution in [2.45, 2.75) is 25.8 Å². The summed E-state index contributed by atoms with van der Waals surface area (Å²) >= 11 is 0. The average Bonchev–Trinajstić information content (AvgIpc) is 2.76. The molecule has 1 aliphatic rings. The first-order chi connectivity index (χ1) is 14.1. The molecule has 1 aliphatic heterocycles. The third kappa shape index (κ3) is 5.57. The number of hydrogen-bond acceptors (Lipinski definition) is 4. The third-order valence-corrected chi connectivity index (χ3v) is 5.40. The van der Waals surface area contributed by atoms with E-state index in [0.29, 0.717) is 25.4 Å². The first-order valence-electron chi connectivity index (χ1n) is 10.1. The standard InChI is InChI=1S/C23H28N2O4/c1-2-24(16-23(27)28)19-12-14-25(15-13-19)22(26)17-29-21-11-7-6-10-20(21)18-8-4-3-5-9-18/h3-11,19H,2,12-17H2,1H3,(H,27,28). The van der Waals surface area contributed by atoms with E-state index in [1.807, 2.05) is 71.3 Å². The third-order valence-electron chi connectivity index (χ3n) is 5.40. The maximum atomic E-state index is 12.6. The van der Waals surface area contributed by atoms with E-state index >= 15 is 0 Å². The molecule has 0 aromatic heterocycles. The molecule has 3 rings (SSSR count). The Morgan fingerprint density at radius 3 is 2.38 bits per heavy atom. The predicted molar refractivity (Wildman–Crippen MR) is 112 cm³/mol.